The van der Waals surface area contributed by atoms with Crippen LogP contribution in [0.15, 0.2) is 30.4 Å². The lowest BCUT2D eigenvalue weighted by molar-refractivity contribution is -0.394. The van der Waals surface area contributed by atoms with Crippen molar-refractivity contribution in [3.05, 3.63) is 56.1 Å². The summed E-state index contributed by atoms with van der Waals surface area (Å²) in [6.45, 7) is 8.58. The first-order valence-corrected chi connectivity index (χ1v) is 8.73. The minimum Gasteiger partial charge on any atom is -0.295 e. The van der Waals surface area contributed by atoms with Crippen LogP contribution in [0.2, 0.25) is 0 Å². The number of carbonyl (C=O) groups is 2. The van der Waals surface area contributed by atoms with E-state index in [9.17, 15) is 29.8 Å². The van der Waals surface area contributed by atoms with Crippen molar-refractivity contribution in [2.45, 2.75) is 59.3 Å². The molecule has 1 fully saturated rings. The van der Waals surface area contributed by atoms with Crippen molar-refractivity contribution in [3.63, 3.8) is 0 Å². The minimum absolute atomic E-state index is 0.0455. The van der Waals surface area contributed by atoms with Crippen LogP contribution in [0.4, 0.5) is 11.4 Å². The molecule has 1 aliphatic rings. The Labute approximate surface area is 158 Å². The van der Waals surface area contributed by atoms with Gasteiger partial charge in [-0.2, -0.15) is 0 Å². The van der Waals surface area contributed by atoms with Gasteiger partial charge in [0.1, 0.15) is 0 Å². The summed E-state index contributed by atoms with van der Waals surface area (Å²) >= 11 is 0. The molecule has 8 heteroatoms. The third-order valence-electron chi connectivity index (χ3n) is 3.32. The zero-order chi connectivity index (χ0) is 21.0. The predicted octanol–water partition coefficient (Wildman–Crippen LogP) is 5.20. The zero-order valence-electron chi connectivity index (χ0n) is 16.0. The summed E-state index contributed by atoms with van der Waals surface area (Å²) in [7, 11) is 0. The van der Waals surface area contributed by atoms with Crippen molar-refractivity contribution in [2.24, 2.45) is 0 Å². The molecule has 0 N–H and O–H groups in total. The molecular formula is C19H26N2O6. The van der Waals surface area contributed by atoms with Crippen molar-refractivity contribution in [1.82, 2.24) is 0 Å². The van der Waals surface area contributed by atoms with E-state index in [2.05, 4.69) is 13.5 Å². The fourth-order valence-corrected chi connectivity index (χ4v) is 1.56. The number of nitro benzene ring substituents is 2. The molecule has 0 radical (unpaired) electrons. The number of benzene rings is 1. The van der Waals surface area contributed by atoms with E-state index in [4.69, 9.17) is 0 Å². The van der Waals surface area contributed by atoms with E-state index in [1.54, 1.807) is 6.92 Å². The molecule has 27 heavy (non-hydrogen) atoms. The summed E-state index contributed by atoms with van der Waals surface area (Å²) < 4.78 is 0. The molecule has 0 aliphatic heterocycles. The number of ketones is 2. The number of unbranched alkanes of at least 4 members (excludes halogenated alkanes) is 1. The molecule has 0 heterocycles. The second-order valence-electron chi connectivity index (χ2n) is 6.18. The van der Waals surface area contributed by atoms with Gasteiger partial charge in [-0.15, -0.1) is 0 Å². The maximum absolute atomic E-state index is 10.9. The molecular weight excluding hydrogens is 352 g/mol. The first kappa shape index (κ1) is 24.1. The lowest BCUT2D eigenvalue weighted by atomic mass is 10.1. The number of allylic oxidation sites excluding steroid dienone is 1. The molecule has 0 atom stereocenters. The minimum atomic E-state index is -0.778. The van der Waals surface area contributed by atoms with Crippen LogP contribution in [0.1, 0.15) is 69.7 Å². The highest BCUT2D eigenvalue weighted by Crippen LogP contribution is 2.22. The van der Waals surface area contributed by atoms with Gasteiger partial charge in [-0.25, -0.2) is 0 Å². The van der Waals surface area contributed by atoms with Crippen LogP contribution in [0.3, 0.4) is 0 Å². The first-order chi connectivity index (χ1) is 12.6. The lowest BCUT2D eigenvalue weighted by Gasteiger charge is -1.97. The van der Waals surface area contributed by atoms with Gasteiger partial charge < -0.3 is 0 Å². The second kappa shape index (κ2) is 12.5. The highest BCUT2D eigenvalue weighted by Gasteiger charge is 2.17. The van der Waals surface area contributed by atoms with E-state index in [0.29, 0.717) is 12.0 Å². The predicted molar refractivity (Wildman–Crippen MR) is 103 cm³/mol. The molecule has 0 amide bonds. The SMILES string of the molecule is C1CC1.C=C(C)C(=O)CCCC.CC(=O)c1cc([N+](=O)[O-])cc([N+](=O)[O-])c1. The third-order valence-corrected chi connectivity index (χ3v) is 3.32. The Hall–Kier alpha value is -2.90. The van der Waals surface area contributed by atoms with Gasteiger partial charge in [0.2, 0.25) is 0 Å². The average Bonchev–Trinajstić information content (AvgIpc) is 3.48. The molecule has 1 aliphatic carbocycles. The Balaban J connectivity index is 0.000000473. The summed E-state index contributed by atoms with van der Waals surface area (Å²) in [6, 6.07) is 2.83. The van der Waals surface area contributed by atoms with Crippen LogP contribution in [0.5, 0.6) is 0 Å². The smallest absolute Gasteiger partial charge is 0.277 e. The molecule has 2 rings (SSSR count). The Bertz CT molecular complexity index is 628. The topological polar surface area (TPSA) is 120 Å². The largest absolute Gasteiger partial charge is 0.295 e. The maximum Gasteiger partial charge on any atom is 0.277 e. The first-order valence-electron chi connectivity index (χ1n) is 8.73. The van der Waals surface area contributed by atoms with Gasteiger partial charge in [0, 0.05) is 24.1 Å². The third kappa shape index (κ3) is 11.4. The Kier molecular flexibility index (Phi) is 11.1. The van der Waals surface area contributed by atoms with Gasteiger partial charge in [0.15, 0.2) is 11.6 Å². The summed E-state index contributed by atoms with van der Waals surface area (Å²) in [4.78, 5) is 41.0. The summed E-state index contributed by atoms with van der Waals surface area (Å²) in [5.74, 6) is -0.251. The normalized spacial score (nSPS) is 11.1. The van der Waals surface area contributed by atoms with E-state index in [1.165, 1.54) is 26.2 Å². The number of hydrogen-bond acceptors (Lipinski definition) is 6. The molecule has 1 saturated carbocycles. The number of carbonyl (C=O) groups excluding carboxylic acids is 2. The molecule has 0 bridgehead atoms. The molecule has 0 saturated heterocycles. The fraction of sp³-hybridized carbons (Fsp3) is 0.474. The van der Waals surface area contributed by atoms with Crippen molar-refractivity contribution in [3.8, 4) is 0 Å². The summed E-state index contributed by atoms with van der Waals surface area (Å²) in [6.07, 6.45) is 7.25. The molecule has 0 spiro atoms. The number of hydrogen-bond donors (Lipinski definition) is 0. The Morgan fingerprint density at radius 1 is 1.00 bits per heavy atom. The maximum atomic E-state index is 10.9. The fourth-order valence-electron chi connectivity index (χ4n) is 1.56. The number of nitro groups is 2. The van der Waals surface area contributed by atoms with E-state index < -0.39 is 27.0 Å². The van der Waals surface area contributed by atoms with Crippen LogP contribution in [-0.2, 0) is 4.79 Å². The lowest BCUT2D eigenvalue weighted by Crippen LogP contribution is -1.98. The van der Waals surface area contributed by atoms with Crippen molar-refractivity contribution in [1.29, 1.82) is 0 Å². The van der Waals surface area contributed by atoms with Crippen molar-refractivity contribution >= 4 is 22.9 Å². The number of non-ortho nitro benzene ring substituents is 2. The highest BCUT2D eigenvalue weighted by molar-refractivity contribution is 5.95. The van der Waals surface area contributed by atoms with E-state index in [0.717, 1.165) is 31.0 Å². The van der Waals surface area contributed by atoms with Gasteiger partial charge in [-0.05, 0) is 25.8 Å². The standard InChI is InChI=1S/C8H6N2O5.C8H14O.C3H6/c1-5(11)6-2-7(9(12)13)4-8(3-6)10(14)15;1-4-5-6-8(9)7(2)3;1-2-3-1/h2-4H,1H3;2,4-6H2,1,3H3;1-3H2. The van der Waals surface area contributed by atoms with Gasteiger partial charge in [0.05, 0.1) is 15.9 Å². The Morgan fingerprint density at radius 3 is 1.70 bits per heavy atom. The van der Waals surface area contributed by atoms with Crippen LogP contribution in [-0.4, -0.2) is 21.4 Å². The monoisotopic (exact) mass is 378 g/mol. The molecule has 0 aromatic heterocycles. The number of Topliss-reactive ketones (excluding diaryl/α,β-unsaturated/α-hetero) is 2. The summed E-state index contributed by atoms with van der Waals surface area (Å²) in [5.41, 5.74) is -0.289. The molecule has 148 valence electrons. The average molecular weight is 378 g/mol. The van der Waals surface area contributed by atoms with Gasteiger partial charge in [0.25, 0.3) is 11.4 Å². The van der Waals surface area contributed by atoms with E-state index >= 15 is 0 Å². The number of rotatable bonds is 7. The molecule has 1 aromatic carbocycles. The second-order valence-corrected chi connectivity index (χ2v) is 6.18. The van der Waals surface area contributed by atoms with Crippen LogP contribution >= 0.6 is 0 Å². The van der Waals surface area contributed by atoms with Gasteiger partial charge in [-0.1, -0.05) is 39.2 Å². The number of nitrogens with zero attached hydrogens (tertiary/aromatic N) is 2. The van der Waals surface area contributed by atoms with Crippen molar-refractivity contribution < 1.29 is 19.4 Å². The van der Waals surface area contributed by atoms with E-state index in [1.807, 2.05) is 0 Å². The van der Waals surface area contributed by atoms with Crippen LogP contribution in [0.25, 0.3) is 0 Å². The summed E-state index contributed by atoms with van der Waals surface area (Å²) in [5, 5.41) is 20.8. The van der Waals surface area contributed by atoms with Crippen LogP contribution < -0.4 is 0 Å². The van der Waals surface area contributed by atoms with Gasteiger partial charge >= 0.3 is 0 Å². The van der Waals surface area contributed by atoms with Crippen molar-refractivity contribution in [2.75, 3.05) is 0 Å². The molecule has 8 nitrogen and oxygen atoms in total. The highest BCUT2D eigenvalue weighted by atomic mass is 16.6. The van der Waals surface area contributed by atoms with E-state index in [-0.39, 0.29) is 11.3 Å². The molecule has 1 aromatic rings. The zero-order valence-corrected chi connectivity index (χ0v) is 16.0. The van der Waals surface area contributed by atoms with Gasteiger partial charge in [-0.3, -0.25) is 29.8 Å². The quantitative estimate of drug-likeness (QED) is 0.278. The molecule has 0 unspecified atom stereocenters. The Morgan fingerprint density at radius 2 is 1.44 bits per heavy atom. The van der Waals surface area contributed by atoms with Crippen LogP contribution in [0, 0.1) is 20.2 Å².